The summed E-state index contributed by atoms with van der Waals surface area (Å²) in [6, 6.07) is 15.2. The molecule has 2 aromatic carbocycles. The van der Waals surface area contributed by atoms with Crippen molar-refractivity contribution in [2.45, 2.75) is 0 Å². The minimum Gasteiger partial charge on any atom is -0.482 e. The zero-order valence-electron chi connectivity index (χ0n) is 13.0. The molecule has 0 atom stereocenters. The number of carboxylic acids is 1. The Hall–Kier alpha value is -3.61. The third kappa shape index (κ3) is 3.66. The van der Waals surface area contributed by atoms with Gasteiger partial charge in [-0.15, -0.1) is 0 Å². The van der Waals surface area contributed by atoms with Crippen LogP contribution in [-0.4, -0.2) is 29.5 Å². The van der Waals surface area contributed by atoms with Crippen molar-refractivity contribution < 1.29 is 24.2 Å². The summed E-state index contributed by atoms with van der Waals surface area (Å²) in [5.74, 6) is -1.73. The van der Waals surface area contributed by atoms with Crippen LogP contribution in [0.4, 0.5) is 5.69 Å². The number of ether oxygens (including phenoxy) is 1. The molecule has 0 saturated carbocycles. The van der Waals surface area contributed by atoms with Gasteiger partial charge in [-0.1, -0.05) is 30.3 Å². The first-order valence-electron chi connectivity index (χ1n) is 7.41. The summed E-state index contributed by atoms with van der Waals surface area (Å²) in [4.78, 5) is 35.2. The van der Waals surface area contributed by atoms with Crippen LogP contribution >= 0.6 is 0 Å². The van der Waals surface area contributed by atoms with Crippen molar-refractivity contribution in [2.24, 2.45) is 0 Å². The number of rotatable bonds is 5. The number of amides is 2. The number of hydrogen-bond donors (Lipinski definition) is 2. The zero-order chi connectivity index (χ0) is 17.8. The van der Waals surface area contributed by atoms with E-state index in [4.69, 9.17) is 9.84 Å². The van der Waals surface area contributed by atoms with Crippen molar-refractivity contribution in [2.75, 3.05) is 11.6 Å². The molecule has 7 heteroatoms. The van der Waals surface area contributed by atoms with Crippen molar-refractivity contribution in [3.8, 4) is 5.75 Å². The molecule has 2 amide bonds. The van der Waals surface area contributed by atoms with E-state index in [0.29, 0.717) is 17.0 Å². The molecule has 3 rings (SSSR count). The second-order valence-corrected chi connectivity index (χ2v) is 5.23. The molecule has 0 aromatic heterocycles. The van der Waals surface area contributed by atoms with Crippen molar-refractivity contribution in [3.05, 3.63) is 65.7 Å². The molecule has 0 spiro atoms. The monoisotopic (exact) mass is 338 g/mol. The summed E-state index contributed by atoms with van der Waals surface area (Å²) in [5, 5.41) is 9.82. The van der Waals surface area contributed by atoms with Gasteiger partial charge in [-0.3, -0.25) is 15.0 Å². The molecule has 0 unspecified atom stereocenters. The molecule has 126 valence electrons. The number of nitrogens with one attached hydrogen (secondary N) is 1. The van der Waals surface area contributed by atoms with Crippen LogP contribution in [0.5, 0.6) is 5.75 Å². The van der Waals surface area contributed by atoms with Gasteiger partial charge in [0.05, 0.1) is 5.69 Å². The van der Waals surface area contributed by atoms with Gasteiger partial charge in [-0.2, -0.15) is 0 Å². The largest absolute Gasteiger partial charge is 0.482 e. The number of para-hydroxylation sites is 1. The second kappa shape index (κ2) is 6.88. The first-order chi connectivity index (χ1) is 12.0. The van der Waals surface area contributed by atoms with Gasteiger partial charge in [0.25, 0.3) is 11.8 Å². The smallest absolute Gasteiger partial charge is 0.341 e. The predicted octanol–water partition coefficient (Wildman–Crippen LogP) is 1.61. The SMILES string of the molecule is O=C(O)COc1cccc(C=C2C(=O)NN(c3ccccc3)C2=O)c1. The van der Waals surface area contributed by atoms with Crippen LogP contribution in [0.3, 0.4) is 0 Å². The van der Waals surface area contributed by atoms with Crippen molar-refractivity contribution >= 4 is 29.5 Å². The number of nitrogens with zero attached hydrogens (tertiary/aromatic N) is 1. The van der Waals surface area contributed by atoms with Crippen LogP contribution in [0.2, 0.25) is 0 Å². The van der Waals surface area contributed by atoms with Crippen molar-refractivity contribution in [1.82, 2.24) is 5.43 Å². The molecule has 1 heterocycles. The maximum Gasteiger partial charge on any atom is 0.341 e. The van der Waals surface area contributed by atoms with Gasteiger partial charge >= 0.3 is 5.97 Å². The summed E-state index contributed by atoms with van der Waals surface area (Å²) in [6.07, 6.45) is 1.44. The van der Waals surface area contributed by atoms with Gasteiger partial charge in [0.2, 0.25) is 0 Å². The first-order valence-corrected chi connectivity index (χ1v) is 7.41. The number of hydrogen-bond acceptors (Lipinski definition) is 4. The van der Waals surface area contributed by atoms with Crippen LogP contribution in [0.25, 0.3) is 6.08 Å². The Kier molecular flexibility index (Phi) is 4.47. The summed E-state index contributed by atoms with van der Waals surface area (Å²) < 4.78 is 5.09. The van der Waals surface area contributed by atoms with E-state index in [9.17, 15) is 14.4 Å². The maximum absolute atomic E-state index is 12.5. The van der Waals surface area contributed by atoms with Gasteiger partial charge in [-0.05, 0) is 35.9 Å². The summed E-state index contributed by atoms with van der Waals surface area (Å²) >= 11 is 0. The normalized spacial score (nSPS) is 15.4. The average molecular weight is 338 g/mol. The molecule has 1 fully saturated rings. The van der Waals surface area contributed by atoms with Crippen molar-refractivity contribution in [3.63, 3.8) is 0 Å². The minimum atomic E-state index is -1.09. The standard InChI is InChI=1S/C18H14N2O5/c21-16(22)11-25-14-8-4-5-12(9-14)10-15-17(23)19-20(18(15)24)13-6-2-1-3-7-13/h1-10H,11H2,(H,19,23)(H,21,22). The Bertz CT molecular complexity index is 861. The minimum absolute atomic E-state index is 0.0146. The van der Waals surface area contributed by atoms with E-state index in [1.54, 1.807) is 48.5 Å². The van der Waals surface area contributed by atoms with E-state index in [2.05, 4.69) is 5.43 Å². The molecule has 1 aliphatic heterocycles. The summed E-state index contributed by atoms with van der Waals surface area (Å²) in [6.45, 7) is -0.471. The van der Waals surface area contributed by atoms with E-state index in [1.165, 1.54) is 11.1 Å². The Morgan fingerprint density at radius 1 is 1.12 bits per heavy atom. The highest BCUT2D eigenvalue weighted by Crippen LogP contribution is 2.22. The van der Waals surface area contributed by atoms with Crippen LogP contribution in [-0.2, 0) is 14.4 Å². The highest BCUT2D eigenvalue weighted by Gasteiger charge is 2.34. The zero-order valence-corrected chi connectivity index (χ0v) is 13.0. The number of anilines is 1. The molecule has 7 nitrogen and oxygen atoms in total. The van der Waals surface area contributed by atoms with E-state index >= 15 is 0 Å². The second-order valence-electron chi connectivity index (χ2n) is 5.23. The predicted molar refractivity (Wildman–Crippen MR) is 89.6 cm³/mol. The molecule has 2 N–H and O–H groups in total. The lowest BCUT2D eigenvalue weighted by molar-refractivity contribution is -0.139. The molecule has 1 saturated heterocycles. The van der Waals surface area contributed by atoms with E-state index in [1.807, 2.05) is 6.07 Å². The van der Waals surface area contributed by atoms with Crippen LogP contribution < -0.4 is 15.2 Å². The third-order valence-electron chi connectivity index (χ3n) is 3.44. The fourth-order valence-electron chi connectivity index (χ4n) is 2.32. The molecular formula is C18H14N2O5. The number of benzene rings is 2. The van der Waals surface area contributed by atoms with Crippen molar-refractivity contribution in [1.29, 1.82) is 0 Å². The van der Waals surface area contributed by atoms with Gasteiger partial charge < -0.3 is 9.84 Å². The molecule has 0 bridgehead atoms. The molecule has 25 heavy (non-hydrogen) atoms. The molecular weight excluding hydrogens is 324 g/mol. The fraction of sp³-hybridized carbons (Fsp3) is 0.0556. The lowest BCUT2D eigenvalue weighted by Gasteiger charge is -2.13. The lowest BCUT2D eigenvalue weighted by Crippen LogP contribution is -2.35. The Balaban J connectivity index is 1.84. The average Bonchev–Trinajstić information content (AvgIpc) is 2.89. The van der Waals surface area contributed by atoms with Crippen LogP contribution in [0.15, 0.2) is 60.2 Å². The van der Waals surface area contributed by atoms with Gasteiger partial charge in [0.15, 0.2) is 6.61 Å². The Morgan fingerprint density at radius 2 is 1.88 bits per heavy atom. The molecule has 0 radical (unpaired) electrons. The topological polar surface area (TPSA) is 95.9 Å². The van der Waals surface area contributed by atoms with E-state index in [-0.39, 0.29) is 5.57 Å². The number of hydrazine groups is 1. The highest BCUT2D eigenvalue weighted by atomic mass is 16.5. The van der Waals surface area contributed by atoms with Gasteiger partial charge in [0.1, 0.15) is 11.3 Å². The molecule has 0 aliphatic carbocycles. The van der Waals surface area contributed by atoms with E-state index in [0.717, 1.165) is 0 Å². The number of aliphatic carboxylic acids is 1. The quantitative estimate of drug-likeness (QED) is 0.638. The Labute approximate surface area is 143 Å². The fourth-order valence-corrected chi connectivity index (χ4v) is 2.32. The highest BCUT2D eigenvalue weighted by molar-refractivity contribution is 6.31. The van der Waals surface area contributed by atoms with Crippen LogP contribution in [0.1, 0.15) is 5.56 Å². The van der Waals surface area contributed by atoms with Gasteiger partial charge in [-0.25, -0.2) is 9.80 Å². The maximum atomic E-state index is 12.5. The molecule has 2 aromatic rings. The number of carbonyl (C=O) groups is 3. The summed E-state index contributed by atoms with van der Waals surface area (Å²) in [5.41, 5.74) is 3.61. The number of carbonyl (C=O) groups excluding carboxylic acids is 2. The lowest BCUT2D eigenvalue weighted by atomic mass is 10.1. The first kappa shape index (κ1) is 16.3. The van der Waals surface area contributed by atoms with Crippen LogP contribution in [0, 0.1) is 0 Å². The molecule has 1 aliphatic rings. The number of carboxylic acid groups (broad SMARTS) is 1. The van der Waals surface area contributed by atoms with Gasteiger partial charge in [0, 0.05) is 0 Å². The summed E-state index contributed by atoms with van der Waals surface area (Å²) in [7, 11) is 0. The Morgan fingerprint density at radius 3 is 2.60 bits per heavy atom. The third-order valence-corrected chi connectivity index (χ3v) is 3.44. The van der Waals surface area contributed by atoms with E-state index < -0.39 is 24.4 Å².